The number of nitrogens with zero attached hydrogens (tertiary/aromatic N) is 3. The molecule has 0 bridgehead atoms. The first-order chi connectivity index (χ1) is 12.2. The van der Waals surface area contributed by atoms with Crippen LogP contribution >= 0.6 is 0 Å². The summed E-state index contributed by atoms with van der Waals surface area (Å²) in [6, 6.07) is 1.63. The molecule has 2 aliphatic heterocycles. The quantitative estimate of drug-likeness (QED) is 0.852. The maximum atomic E-state index is 12.7. The van der Waals surface area contributed by atoms with E-state index in [9.17, 15) is 9.59 Å². The van der Waals surface area contributed by atoms with Crippen molar-refractivity contribution in [3.05, 3.63) is 29.6 Å². The van der Waals surface area contributed by atoms with E-state index >= 15 is 0 Å². The lowest BCUT2D eigenvalue weighted by molar-refractivity contribution is 0.0643. The molecule has 3 rings (SSSR count). The lowest BCUT2D eigenvalue weighted by atomic mass is 10.1. The van der Waals surface area contributed by atoms with Crippen LogP contribution in [0.2, 0.25) is 0 Å². The van der Waals surface area contributed by atoms with Crippen LogP contribution in [0.5, 0.6) is 0 Å². The zero-order chi connectivity index (χ0) is 17.6. The van der Waals surface area contributed by atoms with Gasteiger partial charge >= 0.3 is 0 Å². The van der Waals surface area contributed by atoms with Gasteiger partial charge in [0.25, 0.3) is 11.8 Å². The zero-order valence-electron chi connectivity index (χ0n) is 14.7. The molecule has 3 heterocycles. The molecule has 1 aromatic rings. The molecule has 1 unspecified atom stereocenters. The molecule has 2 fully saturated rings. The van der Waals surface area contributed by atoms with Crippen LogP contribution in [0.1, 0.15) is 40.5 Å². The SMILES string of the molecule is CCN1CCN(C(=O)c2cncc(C(=O)NCC3CCCO3)c2)CC1. The monoisotopic (exact) mass is 346 g/mol. The summed E-state index contributed by atoms with van der Waals surface area (Å²) in [7, 11) is 0. The van der Waals surface area contributed by atoms with Gasteiger partial charge in [0.1, 0.15) is 0 Å². The molecule has 1 N–H and O–H groups in total. The van der Waals surface area contributed by atoms with Crippen molar-refractivity contribution in [1.82, 2.24) is 20.1 Å². The Bertz CT molecular complexity index is 608. The Morgan fingerprint density at radius 2 is 2.00 bits per heavy atom. The van der Waals surface area contributed by atoms with Gasteiger partial charge in [0.15, 0.2) is 0 Å². The highest BCUT2D eigenvalue weighted by atomic mass is 16.5. The first-order valence-electron chi connectivity index (χ1n) is 9.04. The first kappa shape index (κ1) is 17.8. The van der Waals surface area contributed by atoms with Crippen LogP contribution < -0.4 is 5.32 Å². The van der Waals surface area contributed by atoms with Crippen LogP contribution in [0.4, 0.5) is 0 Å². The Morgan fingerprint density at radius 1 is 1.24 bits per heavy atom. The fourth-order valence-corrected chi connectivity index (χ4v) is 3.24. The number of amides is 2. The maximum absolute atomic E-state index is 12.7. The largest absolute Gasteiger partial charge is 0.376 e. The molecular weight excluding hydrogens is 320 g/mol. The topological polar surface area (TPSA) is 74.8 Å². The molecule has 7 heteroatoms. The molecule has 7 nitrogen and oxygen atoms in total. The van der Waals surface area contributed by atoms with Crippen LogP contribution in [-0.4, -0.2) is 78.6 Å². The predicted molar refractivity (Wildman–Crippen MR) is 93.6 cm³/mol. The Kier molecular flexibility index (Phi) is 5.99. The number of pyridine rings is 1. The third kappa shape index (κ3) is 4.55. The summed E-state index contributed by atoms with van der Waals surface area (Å²) in [6.45, 7) is 7.58. The second kappa shape index (κ2) is 8.40. The summed E-state index contributed by atoms with van der Waals surface area (Å²) in [4.78, 5) is 33.2. The summed E-state index contributed by atoms with van der Waals surface area (Å²) in [5.41, 5.74) is 0.880. The van der Waals surface area contributed by atoms with E-state index in [2.05, 4.69) is 22.1 Å². The van der Waals surface area contributed by atoms with Gasteiger partial charge in [-0.1, -0.05) is 6.92 Å². The van der Waals surface area contributed by atoms with E-state index in [4.69, 9.17) is 4.74 Å². The minimum atomic E-state index is -0.214. The van der Waals surface area contributed by atoms with E-state index in [1.54, 1.807) is 6.07 Å². The van der Waals surface area contributed by atoms with Gasteiger partial charge in [0.2, 0.25) is 0 Å². The fraction of sp³-hybridized carbons (Fsp3) is 0.611. The second-order valence-corrected chi connectivity index (χ2v) is 6.53. The summed E-state index contributed by atoms with van der Waals surface area (Å²) in [5.74, 6) is -0.273. The van der Waals surface area contributed by atoms with Gasteiger partial charge in [-0.15, -0.1) is 0 Å². The smallest absolute Gasteiger partial charge is 0.255 e. The summed E-state index contributed by atoms with van der Waals surface area (Å²) >= 11 is 0. The molecule has 2 saturated heterocycles. The van der Waals surface area contributed by atoms with Crippen LogP contribution in [0.3, 0.4) is 0 Å². The van der Waals surface area contributed by atoms with Gasteiger partial charge < -0.3 is 19.9 Å². The van der Waals surface area contributed by atoms with Crippen molar-refractivity contribution in [2.45, 2.75) is 25.9 Å². The number of piperazine rings is 1. The molecule has 2 amide bonds. The van der Waals surface area contributed by atoms with Crippen molar-refractivity contribution in [3.63, 3.8) is 0 Å². The number of aromatic nitrogens is 1. The predicted octanol–water partition coefficient (Wildman–Crippen LogP) is 0.768. The number of likely N-dealkylation sites (N-methyl/N-ethyl adjacent to an activating group) is 1. The summed E-state index contributed by atoms with van der Waals surface area (Å²) in [6.07, 6.45) is 5.14. The van der Waals surface area contributed by atoms with Gasteiger partial charge in [-0.2, -0.15) is 0 Å². The van der Waals surface area contributed by atoms with Crippen molar-refractivity contribution < 1.29 is 14.3 Å². The van der Waals surface area contributed by atoms with Crippen molar-refractivity contribution in [2.24, 2.45) is 0 Å². The molecule has 2 aliphatic rings. The van der Waals surface area contributed by atoms with Gasteiger partial charge in [0, 0.05) is 51.7 Å². The average Bonchev–Trinajstić information content (AvgIpc) is 3.19. The van der Waals surface area contributed by atoms with Crippen LogP contribution in [0, 0.1) is 0 Å². The normalized spacial score (nSPS) is 21.3. The lowest BCUT2D eigenvalue weighted by Crippen LogP contribution is -2.48. The summed E-state index contributed by atoms with van der Waals surface area (Å²) < 4.78 is 5.50. The van der Waals surface area contributed by atoms with E-state index in [0.29, 0.717) is 30.8 Å². The standard InChI is InChI=1S/C18H26N4O3/c1-2-21-5-7-22(8-6-21)18(24)15-10-14(11-19-12-15)17(23)20-13-16-4-3-9-25-16/h10-12,16H,2-9,13H2,1H3,(H,20,23). The minimum Gasteiger partial charge on any atom is -0.376 e. The van der Waals surface area contributed by atoms with Crippen LogP contribution in [-0.2, 0) is 4.74 Å². The molecule has 25 heavy (non-hydrogen) atoms. The molecule has 136 valence electrons. The van der Waals surface area contributed by atoms with Crippen molar-refractivity contribution in [1.29, 1.82) is 0 Å². The highest BCUT2D eigenvalue weighted by Crippen LogP contribution is 2.12. The van der Waals surface area contributed by atoms with Crippen molar-refractivity contribution in [2.75, 3.05) is 45.9 Å². The highest BCUT2D eigenvalue weighted by molar-refractivity contribution is 5.99. The number of nitrogens with one attached hydrogen (secondary N) is 1. The van der Waals surface area contributed by atoms with E-state index < -0.39 is 0 Å². The molecule has 0 radical (unpaired) electrons. The van der Waals surface area contributed by atoms with E-state index in [1.165, 1.54) is 12.4 Å². The lowest BCUT2D eigenvalue weighted by Gasteiger charge is -2.34. The zero-order valence-corrected chi connectivity index (χ0v) is 14.7. The average molecular weight is 346 g/mol. The van der Waals surface area contributed by atoms with Crippen LogP contribution in [0.15, 0.2) is 18.5 Å². The number of rotatable bonds is 5. The summed E-state index contributed by atoms with van der Waals surface area (Å²) in [5, 5.41) is 2.86. The molecule has 0 spiro atoms. The van der Waals surface area contributed by atoms with Crippen molar-refractivity contribution >= 4 is 11.8 Å². The molecule has 0 saturated carbocycles. The minimum absolute atomic E-state index is 0.0583. The number of carbonyl (C=O) groups is 2. The number of hydrogen-bond donors (Lipinski definition) is 1. The molecule has 0 aromatic carbocycles. The van der Waals surface area contributed by atoms with Gasteiger partial charge in [-0.25, -0.2) is 0 Å². The maximum Gasteiger partial charge on any atom is 0.255 e. The van der Waals surface area contributed by atoms with Crippen LogP contribution in [0.25, 0.3) is 0 Å². The Balaban J connectivity index is 1.58. The van der Waals surface area contributed by atoms with E-state index in [1.807, 2.05) is 4.90 Å². The Labute approximate surface area is 148 Å². The van der Waals surface area contributed by atoms with Gasteiger partial charge in [-0.05, 0) is 25.5 Å². The van der Waals surface area contributed by atoms with E-state index in [-0.39, 0.29) is 17.9 Å². The number of ether oxygens (including phenoxy) is 1. The van der Waals surface area contributed by atoms with E-state index in [0.717, 1.165) is 39.1 Å². The number of hydrogen-bond acceptors (Lipinski definition) is 5. The third-order valence-electron chi connectivity index (χ3n) is 4.87. The Hall–Kier alpha value is -1.99. The molecular formula is C18H26N4O3. The second-order valence-electron chi connectivity index (χ2n) is 6.53. The molecule has 1 atom stereocenters. The Morgan fingerprint density at radius 3 is 2.68 bits per heavy atom. The number of carbonyl (C=O) groups excluding carboxylic acids is 2. The van der Waals surface area contributed by atoms with Crippen molar-refractivity contribution in [3.8, 4) is 0 Å². The first-order valence-corrected chi connectivity index (χ1v) is 9.04. The molecule has 1 aromatic heterocycles. The highest BCUT2D eigenvalue weighted by Gasteiger charge is 2.22. The van der Waals surface area contributed by atoms with Gasteiger partial charge in [0.05, 0.1) is 17.2 Å². The third-order valence-corrected chi connectivity index (χ3v) is 4.87. The fourth-order valence-electron chi connectivity index (χ4n) is 3.24. The van der Waals surface area contributed by atoms with Gasteiger partial charge in [-0.3, -0.25) is 14.6 Å². The molecule has 0 aliphatic carbocycles.